The normalized spacial score (nSPS) is 14.6. The van der Waals surface area contributed by atoms with Crippen LogP contribution in [0.4, 0.5) is 0 Å². The summed E-state index contributed by atoms with van der Waals surface area (Å²) in [5.74, 6) is 0.268. The maximum Gasteiger partial charge on any atom is 0.276 e. The largest absolute Gasteiger partial charge is 0.351 e. The number of hydrogen-bond acceptors (Lipinski definition) is 5. The van der Waals surface area contributed by atoms with Crippen LogP contribution in [0.25, 0.3) is 17.1 Å². The quantitative estimate of drug-likeness (QED) is 0.595. The minimum Gasteiger partial charge on any atom is -0.351 e. The van der Waals surface area contributed by atoms with Crippen molar-refractivity contribution in [2.24, 2.45) is 4.99 Å². The van der Waals surface area contributed by atoms with Crippen LogP contribution in [0, 0.1) is 0 Å². The Bertz CT molecular complexity index is 933. The molecule has 3 aromatic rings. The van der Waals surface area contributed by atoms with Gasteiger partial charge in [0, 0.05) is 28.2 Å². The first-order valence-corrected chi connectivity index (χ1v) is 7.98. The molecule has 0 bridgehead atoms. The van der Waals surface area contributed by atoms with E-state index in [1.54, 1.807) is 23.6 Å². The van der Waals surface area contributed by atoms with Crippen molar-refractivity contribution in [1.29, 1.82) is 0 Å². The zero-order valence-electron chi connectivity index (χ0n) is 12.9. The molecule has 1 aliphatic rings. The van der Waals surface area contributed by atoms with Gasteiger partial charge in [0.1, 0.15) is 11.3 Å². The summed E-state index contributed by atoms with van der Waals surface area (Å²) >= 11 is 1.66. The van der Waals surface area contributed by atoms with Gasteiger partial charge in [0.15, 0.2) is 0 Å². The number of aromatic amines is 1. The summed E-state index contributed by atoms with van der Waals surface area (Å²) in [6.07, 6.45) is 5.31. The number of H-pyrrole nitrogens is 1. The Morgan fingerprint density at radius 1 is 1.24 bits per heavy atom. The molecule has 0 fully saturated rings. The molecule has 4 heterocycles. The van der Waals surface area contributed by atoms with Crippen molar-refractivity contribution in [3.8, 4) is 0 Å². The lowest BCUT2D eigenvalue weighted by atomic mass is 10.2. The second-order valence-electron chi connectivity index (χ2n) is 5.02. The summed E-state index contributed by atoms with van der Waals surface area (Å²) in [6.45, 7) is 0.640. The van der Waals surface area contributed by atoms with Gasteiger partial charge < -0.3 is 10.3 Å². The average molecular weight is 396 g/mol. The predicted molar refractivity (Wildman–Crippen MR) is 105 cm³/mol. The van der Waals surface area contributed by atoms with Gasteiger partial charge in [-0.3, -0.25) is 10.1 Å². The van der Waals surface area contributed by atoms with Gasteiger partial charge in [-0.25, -0.2) is 9.98 Å². The van der Waals surface area contributed by atoms with Crippen molar-refractivity contribution in [2.45, 2.75) is 6.54 Å². The molecule has 3 aromatic heterocycles. The lowest BCUT2D eigenvalue weighted by Gasteiger charge is -2.02. The van der Waals surface area contributed by atoms with E-state index in [4.69, 9.17) is 0 Å². The Kier molecular flexibility index (Phi) is 6.19. The first-order chi connectivity index (χ1) is 11.3. The smallest absolute Gasteiger partial charge is 0.276 e. The molecule has 0 unspecified atom stereocenters. The summed E-state index contributed by atoms with van der Waals surface area (Å²) in [6, 6.07) is 7.85. The number of halogens is 2. The zero-order valence-corrected chi connectivity index (χ0v) is 15.3. The first-order valence-electron chi connectivity index (χ1n) is 7.10. The number of guanidine groups is 1. The average Bonchev–Trinajstić information content (AvgIpc) is 3.28. The van der Waals surface area contributed by atoms with Crippen LogP contribution in [-0.2, 0) is 11.3 Å². The van der Waals surface area contributed by atoms with E-state index in [0.717, 1.165) is 16.6 Å². The Morgan fingerprint density at radius 3 is 2.92 bits per heavy atom. The van der Waals surface area contributed by atoms with Gasteiger partial charge in [-0.15, -0.1) is 36.2 Å². The summed E-state index contributed by atoms with van der Waals surface area (Å²) in [5.41, 5.74) is 2.06. The fourth-order valence-electron chi connectivity index (χ4n) is 2.38. The van der Waals surface area contributed by atoms with Crippen molar-refractivity contribution < 1.29 is 4.79 Å². The molecule has 0 atom stereocenters. The molecule has 4 rings (SSSR count). The number of pyridine rings is 1. The molecule has 0 aliphatic carbocycles. The summed E-state index contributed by atoms with van der Waals surface area (Å²) in [5, 5.41) is 8.84. The topological polar surface area (TPSA) is 82.2 Å². The van der Waals surface area contributed by atoms with Gasteiger partial charge in [0.2, 0.25) is 5.96 Å². The zero-order chi connectivity index (χ0) is 15.6. The third-order valence-corrected chi connectivity index (χ3v) is 4.36. The van der Waals surface area contributed by atoms with Gasteiger partial charge >= 0.3 is 0 Å². The number of aliphatic imine (C=N–C) groups is 1. The van der Waals surface area contributed by atoms with Gasteiger partial charge in [-0.2, -0.15) is 0 Å². The molecule has 0 saturated carbocycles. The minimum absolute atomic E-state index is 0. The molecule has 0 aromatic carbocycles. The van der Waals surface area contributed by atoms with Crippen molar-refractivity contribution in [3.05, 3.63) is 58.2 Å². The van der Waals surface area contributed by atoms with Crippen LogP contribution in [0.5, 0.6) is 0 Å². The SMILES string of the molecule is Cl.Cl.O=C1NC(NCc2cccs2)=N/C1=C\c1c[nH]c2ncccc12. The van der Waals surface area contributed by atoms with Crippen molar-refractivity contribution in [2.75, 3.05) is 0 Å². The Balaban J connectivity index is 0.00000113. The van der Waals surface area contributed by atoms with Crippen LogP contribution in [0.3, 0.4) is 0 Å². The summed E-state index contributed by atoms with van der Waals surface area (Å²) < 4.78 is 0. The second-order valence-corrected chi connectivity index (χ2v) is 6.05. The van der Waals surface area contributed by atoms with Crippen molar-refractivity contribution >= 4 is 65.1 Å². The summed E-state index contributed by atoms with van der Waals surface area (Å²) in [4.78, 5) is 24.9. The van der Waals surface area contributed by atoms with Crippen LogP contribution in [0.1, 0.15) is 10.4 Å². The fraction of sp³-hybridized carbons (Fsp3) is 0.0625. The minimum atomic E-state index is -0.211. The molecule has 3 N–H and O–H groups in total. The highest BCUT2D eigenvalue weighted by atomic mass is 35.5. The third kappa shape index (κ3) is 4.01. The van der Waals surface area contributed by atoms with Crippen molar-refractivity contribution in [3.63, 3.8) is 0 Å². The fourth-order valence-corrected chi connectivity index (χ4v) is 3.02. The molecular formula is C16H15Cl2N5OS. The molecule has 0 radical (unpaired) electrons. The van der Waals surface area contributed by atoms with Crippen LogP contribution >= 0.6 is 36.2 Å². The van der Waals surface area contributed by atoms with Crippen LogP contribution < -0.4 is 10.6 Å². The number of nitrogens with zero attached hydrogens (tertiary/aromatic N) is 2. The number of amides is 1. The van der Waals surface area contributed by atoms with Crippen LogP contribution in [-0.4, -0.2) is 21.8 Å². The number of carbonyl (C=O) groups excluding carboxylic acids is 1. The number of hydrogen-bond donors (Lipinski definition) is 3. The summed E-state index contributed by atoms with van der Waals surface area (Å²) in [7, 11) is 0. The van der Waals surface area contributed by atoms with E-state index < -0.39 is 0 Å². The third-order valence-electron chi connectivity index (χ3n) is 3.48. The monoisotopic (exact) mass is 395 g/mol. The number of fused-ring (bicyclic) bond motifs is 1. The molecule has 1 amide bonds. The molecule has 9 heteroatoms. The van der Waals surface area contributed by atoms with Crippen molar-refractivity contribution in [1.82, 2.24) is 20.6 Å². The Hall–Kier alpha value is -2.35. The van der Waals surface area contributed by atoms with E-state index >= 15 is 0 Å². The Labute approximate surface area is 160 Å². The van der Waals surface area contributed by atoms with E-state index in [9.17, 15) is 4.79 Å². The first kappa shape index (κ1) is 19.0. The highest BCUT2D eigenvalue weighted by molar-refractivity contribution is 7.09. The molecule has 6 nitrogen and oxygen atoms in total. The maximum atomic E-state index is 12.1. The van der Waals surface area contributed by atoms with Crippen LogP contribution in [0.15, 0.2) is 52.7 Å². The highest BCUT2D eigenvalue weighted by Crippen LogP contribution is 2.20. The molecule has 130 valence electrons. The number of nitrogens with one attached hydrogen (secondary N) is 3. The number of carbonyl (C=O) groups is 1. The molecule has 0 saturated heterocycles. The van der Waals surface area contributed by atoms with E-state index in [1.165, 1.54) is 4.88 Å². The molecular weight excluding hydrogens is 381 g/mol. The number of rotatable bonds is 3. The van der Waals surface area contributed by atoms with Gasteiger partial charge in [0.05, 0.1) is 6.54 Å². The highest BCUT2D eigenvalue weighted by Gasteiger charge is 2.20. The second kappa shape index (κ2) is 8.15. The number of thiophene rings is 1. The van der Waals surface area contributed by atoms with Gasteiger partial charge in [-0.1, -0.05) is 6.07 Å². The van der Waals surface area contributed by atoms with Crippen LogP contribution in [0.2, 0.25) is 0 Å². The van der Waals surface area contributed by atoms with E-state index in [2.05, 4.69) is 25.6 Å². The standard InChI is InChI=1S/C16H13N5OS.2ClH/c22-15-13(7-10-8-18-14-12(10)4-1-5-17-14)20-16(21-15)19-9-11-3-2-6-23-11;;/h1-8H,9H2,(H,17,18)(H2,19,20,21,22);2*1H/b13-7-;;. The number of aromatic nitrogens is 2. The Morgan fingerprint density at radius 2 is 2.12 bits per heavy atom. The van der Waals surface area contributed by atoms with E-state index in [0.29, 0.717) is 18.2 Å². The van der Waals surface area contributed by atoms with Gasteiger partial charge in [0.25, 0.3) is 5.91 Å². The molecule has 25 heavy (non-hydrogen) atoms. The predicted octanol–water partition coefficient (Wildman–Crippen LogP) is 3.08. The molecule has 1 aliphatic heterocycles. The van der Waals surface area contributed by atoms with Gasteiger partial charge in [-0.05, 0) is 29.7 Å². The maximum absolute atomic E-state index is 12.1. The van der Waals surface area contributed by atoms with E-state index in [1.807, 2.05) is 35.8 Å². The van der Waals surface area contributed by atoms with E-state index in [-0.39, 0.29) is 30.7 Å². The molecule has 0 spiro atoms. The lowest BCUT2D eigenvalue weighted by Crippen LogP contribution is -2.35. The lowest BCUT2D eigenvalue weighted by molar-refractivity contribution is -0.115.